The summed E-state index contributed by atoms with van der Waals surface area (Å²) in [5.74, 6) is 1.06. The summed E-state index contributed by atoms with van der Waals surface area (Å²) in [7, 11) is 1.52. The van der Waals surface area contributed by atoms with Crippen molar-refractivity contribution in [2.45, 2.75) is 13.3 Å². The van der Waals surface area contributed by atoms with E-state index in [2.05, 4.69) is 25.6 Å². The van der Waals surface area contributed by atoms with Gasteiger partial charge in [-0.3, -0.25) is 4.79 Å². The zero-order valence-corrected chi connectivity index (χ0v) is 11.1. The second kappa shape index (κ2) is 6.17. The third kappa shape index (κ3) is 3.43. The normalized spacial score (nSPS) is 15.7. The number of carbonyl (C=O) groups excluding carboxylic acids is 1. The van der Waals surface area contributed by atoms with E-state index < -0.39 is 0 Å². The Hall–Kier alpha value is -2.12. The Kier molecular flexibility index (Phi) is 4.32. The Labute approximate surface area is 111 Å². The lowest BCUT2D eigenvalue weighted by molar-refractivity contribution is -0.120. The lowest BCUT2D eigenvalue weighted by Gasteiger charge is -2.19. The fourth-order valence-corrected chi connectivity index (χ4v) is 1.78. The van der Waals surface area contributed by atoms with Crippen molar-refractivity contribution in [1.82, 2.24) is 20.3 Å². The Morgan fingerprint density at radius 2 is 2.21 bits per heavy atom. The SMILES string of the molecule is CCNc1nc(OC)nc(N2CCNC(=O)CC2)n1. The number of rotatable bonds is 4. The first-order valence-electron chi connectivity index (χ1n) is 6.28. The molecule has 1 saturated heterocycles. The smallest absolute Gasteiger partial charge is 0.322 e. The van der Waals surface area contributed by atoms with E-state index in [0.717, 1.165) is 0 Å². The molecule has 1 aromatic rings. The fraction of sp³-hybridized carbons (Fsp3) is 0.636. The Bertz CT molecular complexity index is 453. The quantitative estimate of drug-likeness (QED) is 0.768. The molecular formula is C11H18N6O2. The van der Waals surface area contributed by atoms with Crippen LogP contribution in [0.5, 0.6) is 6.01 Å². The molecule has 0 saturated carbocycles. The number of ether oxygens (including phenoxy) is 1. The van der Waals surface area contributed by atoms with Crippen LogP contribution in [0.4, 0.5) is 11.9 Å². The highest BCUT2D eigenvalue weighted by Gasteiger charge is 2.18. The summed E-state index contributed by atoms with van der Waals surface area (Å²) in [6, 6.07) is 0.268. The molecule has 0 atom stereocenters. The fourth-order valence-electron chi connectivity index (χ4n) is 1.78. The highest BCUT2D eigenvalue weighted by molar-refractivity contribution is 5.77. The monoisotopic (exact) mass is 266 g/mol. The van der Waals surface area contributed by atoms with Crippen molar-refractivity contribution in [2.24, 2.45) is 0 Å². The highest BCUT2D eigenvalue weighted by Crippen LogP contribution is 2.15. The summed E-state index contributed by atoms with van der Waals surface area (Å²) in [5.41, 5.74) is 0. The molecule has 1 fully saturated rings. The predicted octanol–water partition coefficient (Wildman–Crippen LogP) is -0.362. The maximum absolute atomic E-state index is 11.3. The van der Waals surface area contributed by atoms with Gasteiger partial charge < -0.3 is 20.3 Å². The summed E-state index contributed by atoms with van der Waals surface area (Å²) in [6.45, 7) is 4.52. The van der Waals surface area contributed by atoms with E-state index in [9.17, 15) is 4.79 Å². The van der Waals surface area contributed by atoms with E-state index in [4.69, 9.17) is 4.74 Å². The molecule has 0 unspecified atom stereocenters. The van der Waals surface area contributed by atoms with Gasteiger partial charge in [0.15, 0.2) is 0 Å². The van der Waals surface area contributed by atoms with E-state index in [1.165, 1.54) is 7.11 Å². The van der Waals surface area contributed by atoms with Crippen molar-refractivity contribution in [3.63, 3.8) is 0 Å². The molecule has 2 rings (SSSR count). The van der Waals surface area contributed by atoms with Crippen molar-refractivity contribution in [1.29, 1.82) is 0 Å². The van der Waals surface area contributed by atoms with Crippen molar-refractivity contribution in [2.75, 3.05) is 43.5 Å². The van der Waals surface area contributed by atoms with Crippen molar-refractivity contribution in [3.05, 3.63) is 0 Å². The molecule has 0 aliphatic carbocycles. The third-order valence-corrected chi connectivity index (χ3v) is 2.72. The predicted molar refractivity (Wildman–Crippen MR) is 70.4 cm³/mol. The van der Waals surface area contributed by atoms with E-state index in [-0.39, 0.29) is 11.9 Å². The van der Waals surface area contributed by atoms with Crippen LogP contribution in [-0.2, 0) is 4.79 Å². The topological polar surface area (TPSA) is 92.3 Å². The standard InChI is InChI=1S/C11H18N6O2/c1-3-12-9-14-10(16-11(15-9)19-2)17-6-4-8(18)13-5-7-17/h3-7H2,1-2H3,(H,13,18)(H,12,14,15,16). The molecule has 2 heterocycles. The average Bonchev–Trinajstić information content (AvgIpc) is 2.63. The second-order valence-electron chi connectivity index (χ2n) is 4.06. The summed E-state index contributed by atoms with van der Waals surface area (Å²) in [4.78, 5) is 25.9. The van der Waals surface area contributed by atoms with E-state index in [0.29, 0.717) is 44.5 Å². The van der Waals surface area contributed by atoms with Gasteiger partial charge in [-0.1, -0.05) is 0 Å². The number of methoxy groups -OCH3 is 1. The second-order valence-corrected chi connectivity index (χ2v) is 4.06. The summed E-state index contributed by atoms with van der Waals surface area (Å²) < 4.78 is 5.07. The number of nitrogens with zero attached hydrogens (tertiary/aromatic N) is 4. The molecule has 1 amide bonds. The van der Waals surface area contributed by atoms with Gasteiger partial charge in [0.2, 0.25) is 17.8 Å². The molecule has 0 bridgehead atoms. The van der Waals surface area contributed by atoms with E-state index in [1.54, 1.807) is 0 Å². The largest absolute Gasteiger partial charge is 0.467 e. The zero-order chi connectivity index (χ0) is 13.7. The van der Waals surface area contributed by atoms with Crippen LogP contribution in [-0.4, -0.2) is 54.1 Å². The first-order valence-corrected chi connectivity index (χ1v) is 6.28. The van der Waals surface area contributed by atoms with Gasteiger partial charge in [-0.2, -0.15) is 15.0 Å². The first kappa shape index (κ1) is 13.3. The van der Waals surface area contributed by atoms with Crippen molar-refractivity contribution < 1.29 is 9.53 Å². The number of amides is 1. The van der Waals surface area contributed by atoms with Gasteiger partial charge >= 0.3 is 6.01 Å². The van der Waals surface area contributed by atoms with Crippen LogP contribution >= 0.6 is 0 Å². The maximum atomic E-state index is 11.3. The minimum absolute atomic E-state index is 0.0513. The van der Waals surface area contributed by atoms with Gasteiger partial charge in [0.25, 0.3) is 0 Å². The molecule has 2 N–H and O–H groups in total. The maximum Gasteiger partial charge on any atom is 0.322 e. The van der Waals surface area contributed by atoms with E-state index >= 15 is 0 Å². The number of anilines is 2. The Balaban J connectivity index is 2.21. The van der Waals surface area contributed by atoms with Crippen LogP contribution in [0.3, 0.4) is 0 Å². The molecule has 104 valence electrons. The molecule has 1 aliphatic heterocycles. The Morgan fingerprint density at radius 3 is 2.95 bits per heavy atom. The van der Waals surface area contributed by atoms with Crippen LogP contribution in [0, 0.1) is 0 Å². The number of nitrogens with one attached hydrogen (secondary N) is 2. The summed E-state index contributed by atoms with van der Waals surface area (Å²) >= 11 is 0. The summed E-state index contributed by atoms with van der Waals surface area (Å²) in [5, 5.41) is 5.85. The molecule has 8 nitrogen and oxygen atoms in total. The summed E-state index contributed by atoms with van der Waals surface area (Å²) in [6.07, 6.45) is 0.435. The lowest BCUT2D eigenvalue weighted by atomic mass is 10.4. The first-order chi connectivity index (χ1) is 9.22. The number of hydrogen-bond acceptors (Lipinski definition) is 7. The highest BCUT2D eigenvalue weighted by atomic mass is 16.5. The van der Waals surface area contributed by atoms with Crippen LogP contribution in [0.15, 0.2) is 0 Å². The molecular weight excluding hydrogens is 248 g/mol. The lowest BCUT2D eigenvalue weighted by Crippen LogP contribution is -2.30. The average molecular weight is 266 g/mol. The molecule has 19 heavy (non-hydrogen) atoms. The number of aromatic nitrogens is 3. The number of carbonyl (C=O) groups is 1. The van der Waals surface area contributed by atoms with Gasteiger partial charge in [-0.25, -0.2) is 0 Å². The third-order valence-electron chi connectivity index (χ3n) is 2.72. The van der Waals surface area contributed by atoms with Crippen LogP contribution in [0.2, 0.25) is 0 Å². The molecule has 8 heteroatoms. The van der Waals surface area contributed by atoms with Crippen LogP contribution in [0.1, 0.15) is 13.3 Å². The Morgan fingerprint density at radius 1 is 1.37 bits per heavy atom. The molecule has 1 aromatic heterocycles. The minimum atomic E-state index is 0.0513. The van der Waals surface area contributed by atoms with Crippen molar-refractivity contribution >= 4 is 17.8 Å². The molecule has 1 aliphatic rings. The van der Waals surface area contributed by atoms with Gasteiger partial charge in [-0.05, 0) is 6.92 Å². The molecule has 0 aromatic carbocycles. The van der Waals surface area contributed by atoms with E-state index in [1.807, 2.05) is 11.8 Å². The van der Waals surface area contributed by atoms with Gasteiger partial charge in [0.05, 0.1) is 7.11 Å². The van der Waals surface area contributed by atoms with Gasteiger partial charge in [-0.15, -0.1) is 0 Å². The van der Waals surface area contributed by atoms with Crippen LogP contribution in [0.25, 0.3) is 0 Å². The minimum Gasteiger partial charge on any atom is -0.467 e. The van der Waals surface area contributed by atoms with Gasteiger partial charge in [0, 0.05) is 32.6 Å². The molecule has 0 spiro atoms. The molecule has 0 radical (unpaired) electrons. The zero-order valence-electron chi connectivity index (χ0n) is 11.1. The van der Waals surface area contributed by atoms with Crippen LogP contribution < -0.4 is 20.3 Å². The number of hydrogen-bond donors (Lipinski definition) is 2. The van der Waals surface area contributed by atoms with Gasteiger partial charge in [0.1, 0.15) is 0 Å². The van der Waals surface area contributed by atoms with Crippen molar-refractivity contribution in [3.8, 4) is 6.01 Å².